The van der Waals surface area contributed by atoms with Crippen LogP contribution in [0.15, 0.2) is 60.7 Å². The SMILES string of the molecule is N=C(N)c1ccc2c(F)c(C(=O)O)n(Cc3cccc4ccccc34)c2c1. The summed E-state index contributed by atoms with van der Waals surface area (Å²) in [6, 6.07) is 18.1. The number of hydrogen-bond donors (Lipinski definition) is 3. The molecular weight excluding hydrogens is 345 g/mol. The third-order valence-corrected chi connectivity index (χ3v) is 4.72. The summed E-state index contributed by atoms with van der Waals surface area (Å²) in [5.74, 6) is -2.28. The molecule has 134 valence electrons. The average molecular weight is 361 g/mol. The zero-order chi connectivity index (χ0) is 19.1. The van der Waals surface area contributed by atoms with E-state index in [1.807, 2.05) is 42.5 Å². The van der Waals surface area contributed by atoms with Crippen molar-refractivity contribution >= 4 is 33.5 Å². The molecule has 0 saturated carbocycles. The molecule has 0 aliphatic heterocycles. The molecule has 3 aromatic carbocycles. The van der Waals surface area contributed by atoms with E-state index in [2.05, 4.69) is 0 Å². The Labute approximate surface area is 154 Å². The lowest BCUT2D eigenvalue weighted by molar-refractivity contribution is 0.0681. The molecule has 0 atom stereocenters. The van der Waals surface area contributed by atoms with E-state index in [4.69, 9.17) is 11.1 Å². The van der Waals surface area contributed by atoms with Crippen molar-refractivity contribution in [3.8, 4) is 0 Å². The number of aromatic nitrogens is 1. The van der Waals surface area contributed by atoms with E-state index in [-0.39, 0.29) is 17.8 Å². The minimum absolute atomic E-state index is 0.160. The van der Waals surface area contributed by atoms with Gasteiger partial charge in [0.1, 0.15) is 5.84 Å². The predicted molar refractivity (Wildman–Crippen MR) is 103 cm³/mol. The number of nitrogens with zero attached hydrogens (tertiary/aromatic N) is 1. The van der Waals surface area contributed by atoms with E-state index in [1.165, 1.54) is 16.7 Å². The first-order valence-electron chi connectivity index (χ1n) is 8.33. The van der Waals surface area contributed by atoms with Gasteiger partial charge in [-0.25, -0.2) is 9.18 Å². The van der Waals surface area contributed by atoms with E-state index < -0.39 is 17.5 Å². The lowest BCUT2D eigenvalue weighted by Gasteiger charge is -2.11. The summed E-state index contributed by atoms with van der Waals surface area (Å²) in [5.41, 5.74) is 6.83. The second kappa shape index (κ2) is 6.25. The summed E-state index contributed by atoms with van der Waals surface area (Å²) in [5, 5.41) is 19.4. The first-order valence-corrected chi connectivity index (χ1v) is 8.33. The molecule has 1 heterocycles. The van der Waals surface area contributed by atoms with Crippen molar-refractivity contribution in [3.63, 3.8) is 0 Å². The number of carboxylic acids is 1. The zero-order valence-corrected chi connectivity index (χ0v) is 14.2. The van der Waals surface area contributed by atoms with Crippen molar-refractivity contribution in [3.05, 3.63) is 83.3 Å². The molecule has 0 aliphatic carbocycles. The van der Waals surface area contributed by atoms with E-state index in [9.17, 15) is 14.3 Å². The van der Waals surface area contributed by atoms with Crippen LogP contribution in [0.25, 0.3) is 21.7 Å². The molecule has 27 heavy (non-hydrogen) atoms. The van der Waals surface area contributed by atoms with Crippen molar-refractivity contribution in [2.75, 3.05) is 0 Å². The quantitative estimate of drug-likeness (QED) is 0.379. The standard InChI is InChI=1S/C21H16FN3O2/c22-18-16-9-8-13(20(23)24)10-17(16)25(19(18)21(26)27)11-14-6-3-5-12-4-1-2-7-15(12)14/h1-10H,11H2,(H3,23,24)(H,26,27). The fourth-order valence-corrected chi connectivity index (χ4v) is 3.45. The lowest BCUT2D eigenvalue weighted by atomic mass is 10.0. The van der Waals surface area contributed by atoms with Crippen LogP contribution >= 0.6 is 0 Å². The maximum Gasteiger partial charge on any atom is 0.355 e. The van der Waals surface area contributed by atoms with Gasteiger partial charge in [0.2, 0.25) is 0 Å². The van der Waals surface area contributed by atoms with Gasteiger partial charge in [0.15, 0.2) is 11.5 Å². The summed E-state index contributed by atoms with van der Waals surface area (Å²) in [7, 11) is 0. The maximum absolute atomic E-state index is 14.8. The summed E-state index contributed by atoms with van der Waals surface area (Å²) < 4.78 is 16.2. The van der Waals surface area contributed by atoms with E-state index >= 15 is 0 Å². The Morgan fingerprint density at radius 2 is 1.81 bits per heavy atom. The van der Waals surface area contributed by atoms with Gasteiger partial charge in [-0.15, -0.1) is 0 Å². The second-order valence-electron chi connectivity index (χ2n) is 6.34. The van der Waals surface area contributed by atoms with Crippen LogP contribution in [-0.4, -0.2) is 21.5 Å². The fraction of sp³-hybridized carbons (Fsp3) is 0.0476. The normalized spacial score (nSPS) is 11.1. The first-order chi connectivity index (χ1) is 13.0. The van der Waals surface area contributed by atoms with E-state index in [0.29, 0.717) is 11.1 Å². The molecule has 0 aliphatic rings. The number of nitrogen functional groups attached to an aromatic ring is 1. The summed E-state index contributed by atoms with van der Waals surface area (Å²) in [6.07, 6.45) is 0. The number of benzene rings is 3. The van der Waals surface area contributed by atoms with Crippen LogP contribution in [0, 0.1) is 11.2 Å². The fourth-order valence-electron chi connectivity index (χ4n) is 3.45. The molecule has 0 amide bonds. The molecule has 0 saturated heterocycles. The van der Waals surface area contributed by atoms with Crippen molar-refractivity contribution in [1.29, 1.82) is 5.41 Å². The van der Waals surface area contributed by atoms with Gasteiger partial charge in [-0.05, 0) is 28.5 Å². The van der Waals surface area contributed by atoms with E-state index in [1.54, 1.807) is 6.07 Å². The van der Waals surface area contributed by atoms with Gasteiger partial charge >= 0.3 is 5.97 Å². The number of amidine groups is 1. The summed E-state index contributed by atoms with van der Waals surface area (Å²) in [4.78, 5) is 11.8. The summed E-state index contributed by atoms with van der Waals surface area (Å²) >= 11 is 0. The smallest absolute Gasteiger partial charge is 0.355 e. The third kappa shape index (κ3) is 2.71. The molecule has 0 spiro atoms. The molecule has 0 unspecified atom stereocenters. The number of carboxylic acid groups (broad SMARTS) is 1. The van der Waals surface area contributed by atoms with Crippen molar-refractivity contribution < 1.29 is 14.3 Å². The van der Waals surface area contributed by atoms with Crippen LogP contribution in [0.2, 0.25) is 0 Å². The van der Waals surface area contributed by atoms with Crippen LogP contribution in [0.3, 0.4) is 0 Å². The highest BCUT2D eigenvalue weighted by Crippen LogP contribution is 2.28. The van der Waals surface area contributed by atoms with Crippen molar-refractivity contribution in [2.45, 2.75) is 6.54 Å². The van der Waals surface area contributed by atoms with Gasteiger partial charge in [-0.1, -0.05) is 48.5 Å². The van der Waals surface area contributed by atoms with Crippen LogP contribution in [0.4, 0.5) is 4.39 Å². The van der Waals surface area contributed by atoms with Gasteiger partial charge in [-0.2, -0.15) is 0 Å². The number of rotatable bonds is 4. The molecule has 4 N–H and O–H groups in total. The molecule has 5 nitrogen and oxygen atoms in total. The van der Waals surface area contributed by atoms with Crippen LogP contribution in [-0.2, 0) is 6.54 Å². The highest BCUT2D eigenvalue weighted by Gasteiger charge is 2.23. The Hall–Kier alpha value is -3.67. The predicted octanol–water partition coefficient (Wildman–Crippen LogP) is 3.96. The monoisotopic (exact) mass is 361 g/mol. The number of nitrogens with two attached hydrogens (primary N) is 1. The molecule has 0 bridgehead atoms. The Morgan fingerprint density at radius 1 is 1.07 bits per heavy atom. The number of halogens is 1. The largest absolute Gasteiger partial charge is 0.476 e. The van der Waals surface area contributed by atoms with Crippen LogP contribution in [0.1, 0.15) is 21.6 Å². The van der Waals surface area contributed by atoms with Crippen molar-refractivity contribution in [2.24, 2.45) is 5.73 Å². The van der Waals surface area contributed by atoms with Gasteiger partial charge in [0.25, 0.3) is 0 Å². The molecule has 1 aromatic heterocycles. The van der Waals surface area contributed by atoms with Gasteiger partial charge < -0.3 is 15.4 Å². The topological polar surface area (TPSA) is 92.1 Å². The third-order valence-electron chi connectivity index (χ3n) is 4.72. The van der Waals surface area contributed by atoms with Gasteiger partial charge in [0.05, 0.1) is 5.52 Å². The van der Waals surface area contributed by atoms with Gasteiger partial charge in [0, 0.05) is 17.5 Å². The van der Waals surface area contributed by atoms with Gasteiger partial charge in [-0.3, -0.25) is 5.41 Å². The minimum atomic E-state index is -1.34. The number of fused-ring (bicyclic) bond motifs is 2. The Bertz CT molecular complexity index is 1220. The molecular formula is C21H16FN3O2. The molecule has 6 heteroatoms. The van der Waals surface area contributed by atoms with E-state index in [0.717, 1.165) is 16.3 Å². The average Bonchev–Trinajstić information content (AvgIpc) is 2.93. The number of aromatic carboxylic acids is 1. The Morgan fingerprint density at radius 3 is 2.56 bits per heavy atom. The molecule has 4 aromatic rings. The van der Waals surface area contributed by atoms with Crippen molar-refractivity contribution in [1.82, 2.24) is 4.57 Å². The first kappa shape index (κ1) is 16.8. The molecule has 4 rings (SSSR count). The van der Waals surface area contributed by atoms with Crippen LogP contribution in [0.5, 0.6) is 0 Å². The Kier molecular flexibility index (Phi) is 3.88. The number of nitrogens with one attached hydrogen (secondary N) is 1. The number of carbonyl (C=O) groups is 1. The maximum atomic E-state index is 14.8. The lowest BCUT2D eigenvalue weighted by Crippen LogP contribution is -2.12. The highest BCUT2D eigenvalue weighted by atomic mass is 19.1. The van der Waals surface area contributed by atoms with Crippen LogP contribution < -0.4 is 5.73 Å². The number of hydrogen-bond acceptors (Lipinski definition) is 2. The summed E-state index contributed by atoms with van der Waals surface area (Å²) in [6.45, 7) is 0.185. The highest BCUT2D eigenvalue weighted by molar-refractivity contribution is 6.01. The Balaban J connectivity index is 1.99. The minimum Gasteiger partial charge on any atom is -0.476 e. The molecule has 0 radical (unpaired) electrons. The molecule has 0 fully saturated rings. The second-order valence-corrected chi connectivity index (χ2v) is 6.34. The zero-order valence-electron chi connectivity index (χ0n) is 14.2.